The largest absolute Gasteiger partial charge is 0.497 e. The molecule has 2 aromatic carbocycles. The average molecular weight is 409 g/mol. The number of nitrogens with zero attached hydrogens (tertiary/aromatic N) is 2. The molecule has 2 aliphatic heterocycles. The predicted octanol–water partition coefficient (Wildman–Crippen LogP) is 4.92. The minimum atomic E-state index is 0.396. The highest BCUT2D eigenvalue weighted by Gasteiger charge is 2.26. The lowest BCUT2D eigenvalue weighted by atomic mass is 9.84. The zero-order valence-corrected chi connectivity index (χ0v) is 18.6. The third-order valence-electron chi connectivity index (χ3n) is 6.63. The Hall–Kier alpha value is -2.04. The van der Waals surface area contributed by atoms with Crippen LogP contribution in [0.15, 0.2) is 42.5 Å². The molecule has 0 aliphatic carbocycles. The number of methoxy groups -OCH3 is 1. The summed E-state index contributed by atoms with van der Waals surface area (Å²) in [5.74, 6) is 2.32. The van der Waals surface area contributed by atoms with Crippen LogP contribution in [-0.2, 0) is 6.54 Å². The highest BCUT2D eigenvalue weighted by Crippen LogP contribution is 2.36. The van der Waals surface area contributed by atoms with Gasteiger partial charge in [-0.15, -0.1) is 0 Å². The molecule has 1 fully saturated rings. The van der Waals surface area contributed by atoms with Crippen LogP contribution in [0.2, 0.25) is 0 Å². The summed E-state index contributed by atoms with van der Waals surface area (Å²) in [4.78, 5) is 5.11. The van der Waals surface area contributed by atoms with Crippen molar-refractivity contribution in [3.63, 3.8) is 0 Å². The van der Waals surface area contributed by atoms with Gasteiger partial charge in [0.25, 0.3) is 0 Å². The first kappa shape index (κ1) is 21.2. The summed E-state index contributed by atoms with van der Waals surface area (Å²) in [5, 5.41) is 0. The van der Waals surface area contributed by atoms with Crippen molar-refractivity contribution in [1.29, 1.82) is 0 Å². The number of likely N-dealkylation sites (tertiary alicyclic amines) is 1. The van der Waals surface area contributed by atoms with Gasteiger partial charge in [0, 0.05) is 25.6 Å². The summed E-state index contributed by atoms with van der Waals surface area (Å²) >= 11 is 0. The SMILES string of the molecule is CCN1Cc2cc(OCCCN3CCCCC3)ccc2C(c2ccc(OC)cc2)C1. The molecule has 1 unspecified atom stereocenters. The zero-order valence-electron chi connectivity index (χ0n) is 18.6. The van der Waals surface area contributed by atoms with E-state index < -0.39 is 0 Å². The van der Waals surface area contributed by atoms with E-state index in [2.05, 4.69) is 59.2 Å². The fourth-order valence-corrected chi connectivity index (χ4v) is 4.83. The maximum absolute atomic E-state index is 6.14. The van der Waals surface area contributed by atoms with Gasteiger partial charge < -0.3 is 14.4 Å². The number of rotatable bonds is 8. The molecule has 0 radical (unpaired) electrons. The van der Waals surface area contributed by atoms with Crippen LogP contribution in [0.3, 0.4) is 0 Å². The fraction of sp³-hybridized carbons (Fsp3) is 0.538. The van der Waals surface area contributed by atoms with Crippen LogP contribution < -0.4 is 9.47 Å². The first-order chi connectivity index (χ1) is 14.8. The molecule has 4 nitrogen and oxygen atoms in total. The molecule has 0 bridgehead atoms. The van der Waals surface area contributed by atoms with Crippen LogP contribution in [0.1, 0.15) is 55.2 Å². The van der Waals surface area contributed by atoms with Crippen molar-refractivity contribution in [3.05, 3.63) is 59.2 Å². The molecule has 4 rings (SSSR count). The molecular formula is C26H36N2O2. The molecule has 2 heterocycles. The van der Waals surface area contributed by atoms with Crippen LogP contribution in [0.4, 0.5) is 0 Å². The standard InChI is InChI=1S/C26H36N2O2/c1-3-27-19-22-18-24(30-17-7-16-28-14-5-4-6-15-28)12-13-25(22)26(20-27)21-8-10-23(29-2)11-9-21/h8-13,18,26H,3-7,14-17,19-20H2,1-2H3. The average Bonchev–Trinajstić information content (AvgIpc) is 2.81. The lowest BCUT2D eigenvalue weighted by Crippen LogP contribution is -2.34. The van der Waals surface area contributed by atoms with E-state index in [1.54, 1.807) is 7.11 Å². The minimum Gasteiger partial charge on any atom is -0.497 e. The molecule has 2 aromatic rings. The highest BCUT2D eigenvalue weighted by atomic mass is 16.5. The molecule has 0 N–H and O–H groups in total. The second kappa shape index (κ2) is 10.3. The maximum Gasteiger partial charge on any atom is 0.119 e. The zero-order chi connectivity index (χ0) is 20.8. The van der Waals surface area contributed by atoms with E-state index in [0.717, 1.165) is 50.7 Å². The number of hydrogen-bond acceptors (Lipinski definition) is 4. The van der Waals surface area contributed by atoms with Crippen molar-refractivity contribution in [2.75, 3.05) is 46.4 Å². The smallest absolute Gasteiger partial charge is 0.119 e. The van der Waals surface area contributed by atoms with E-state index in [0.29, 0.717) is 5.92 Å². The van der Waals surface area contributed by atoms with Gasteiger partial charge in [-0.25, -0.2) is 0 Å². The van der Waals surface area contributed by atoms with Crippen LogP contribution >= 0.6 is 0 Å². The third kappa shape index (κ3) is 5.16. The Kier molecular flexibility index (Phi) is 7.29. The molecule has 162 valence electrons. The monoisotopic (exact) mass is 408 g/mol. The summed E-state index contributed by atoms with van der Waals surface area (Å²) in [6.07, 6.45) is 5.21. The highest BCUT2D eigenvalue weighted by molar-refractivity contribution is 5.45. The second-order valence-electron chi connectivity index (χ2n) is 8.62. The van der Waals surface area contributed by atoms with Gasteiger partial charge in [-0.2, -0.15) is 0 Å². The first-order valence-corrected chi connectivity index (χ1v) is 11.6. The van der Waals surface area contributed by atoms with Crippen molar-refractivity contribution in [3.8, 4) is 11.5 Å². The first-order valence-electron chi connectivity index (χ1n) is 11.6. The number of benzene rings is 2. The molecule has 0 aromatic heterocycles. The Morgan fingerprint density at radius 3 is 2.43 bits per heavy atom. The van der Waals surface area contributed by atoms with Crippen molar-refractivity contribution in [1.82, 2.24) is 9.80 Å². The maximum atomic E-state index is 6.14. The third-order valence-corrected chi connectivity index (χ3v) is 6.63. The van der Waals surface area contributed by atoms with Gasteiger partial charge in [-0.05, 0) is 79.9 Å². The van der Waals surface area contributed by atoms with Gasteiger partial charge in [0.05, 0.1) is 13.7 Å². The Balaban J connectivity index is 1.41. The molecule has 4 heteroatoms. The quantitative estimate of drug-likeness (QED) is 0.579. The molecule has 2 aliphatic rings. The summed E-state index contributed by atoms with van der Waals surface area (Å²) in [6.45, 7) is 9.86. The van der Waals surface area contributed by atoms with Crippen LogP contribution in [0.5, 0.6) is 11.5 Å². The summed E-state index contributed by atoms with van der Waals surface area (Å²) < 4.78 is 11.5. The topological polar surface area (TPSA) is 24.9 Å². The second-order valence-corrected chi connectivity index (χ2v) is 8.62. The van der Waals surface area contributed by atoms with Gasteiger partial charge in [-0.3, -0.25) is 4.90 Å². The summed E-state index contributed by atoms with van der Waals surface area (Å²) in [5.41, 5.74) is 4.19. The van der Waals surface area contributed by atoms with Crippen molar-refractivity contribution < 1.29 is 9.47 Å². The summed E-state index contributed by atoms with van der Waals surface area (Å²) in [6, 6.07) is 15.3. The van der Waals surface area contributed by atoms with E-state index >= 15 is 0 Å². The van der Waals surface area contributed by atoms with Crippen LogP contribution in [-0.4, -0.2) is 56.2 Å². The van der Waals surface area contributed by atoms with Crippen molar-refractivity contribution >= 4 is 0 Å². The molecule has 0 saturated carbocycles. The lowest BCUT2D eigenvalue weighted by Gasteiger charge is -2.34. The summed E-state index contributed by atoms with van der Waals surface area (Å²) in [7, 11) is 1.72. The number of likely N-dealkylation sites (N-methyl/N-ethyl adjacent to an activating group) is 1. The van der Waals surface area contributed by atoms with Gasteiger partial charge >= 0.3 is 0 Å². The van der Waals surface area contributed by atoms with Crippen LogP contribution in [0, 0.1) is 0 Å². The Labute approximate surface area is 181 Å². The molecule has 1 saturated heterocycles. The molecule has 30 heavy (non-hydrogen) atoms. The minimum absolute atomic E-state index is 0.396. The lowest BCUT2D eigenvalue weighted by molar-refractivity contribution is 0.204. The van der Waals surface area contributed by atoms with E-state index in [9.17, 15) is 0 Å². The Morgan fingerprint density at radius 1 is 0.933 bits per heavy atom. The normalized spacial score (nSPS) is 20.0. The van der Waals surface area contributed by atoms with Crippen molar-refractivity contribution in [2.24, 2.45) is 0 Å². The van der Waals surface area contributed by atoms with E-state index in [1.807, 2.05) is 0 Å². The Morgan fingerprint density at radius 2 is 1.70 bits per heavy atom. The molecule has 1 atom stereocenters. The van der Waals surface area contributed by atoms with Crippen LogP contribution in [0.25, 0.3) is 0 Å². The van der Waals surface area contributed by atoms with E-state index in [-0.39, 0.29) is 0 Å². The van der Waals surface area contributed by atoms with E-state index in [4.69, 9.17) is 9.47 Å². The fourth-order valence-electron chi connectivity index (χ4n) is 4.83. The number of piperidine rings is 1. The van der Waals surface area contributed by atoms with Crippen molar-refractivity contribution in [2.45, 2.75) is 45.1 Å². The van der Waals surface area contributed by atoms with Gasteiger partial charge in [-0.1, -0.05) is 31.5 Å². The van der Waals surface area contributed by atoms with Gasteiger partial charge in [0.1, 0.15) is 11.5 Å². The Bertz CT molecular complexity index is 799. The predicted molar refractivity (Wildman–Crippen MR) is 123 cm³/mol. The number of fused-ring (bicyclic) bond motifs is 1. The molecular weight excluding hydrogens is 372 g/mol. The molecule has 0 amide bonds. The molecule has 0 spiro atoms. The van der Waals surface area contributed by atoms with E-state index in [1.165, 1.54) is 49.0 Å². The number of hydrogen-bond donors (Lipinski definition) is 0. The van der Waals surface area contributed by atoms with Gasteiger partial charge in [0.15, 0.2) is 0 Å². The number of ether oxygens (including phenoxy) is 2. The van der Waals surface area contributed by atoms with Gasteiger partial charge in [0.2, 0.25) is 0 Å².